The summed E-state index contributed by atoms with van der Waals surface area (Å²) in [6.45, 7) is 2.52. The molecule has 2 aromatic carbocycles. The first-order chi connectivity index (χ1) is 10.6. The third-order valence-electron chi connectivity index (χ3n) is 3.83. The normalized spacial score (nSPS) is 20.4. The van der Waals surface area contributed by atoms with Crippen LogP contribution in [0, 0.1) is 6.92 Å². The molecule has 0 N–H and O–H groups in total. The molecule has 1 fully saturated rings. The van der Waals surface area contributed by atoms with Gasteiger partial charge in [-0.15, -0.1) is 0 Å². The first-order valence-electron chi connectivity index (χ1n) is 7.21. The zero-order valence-electron chi connectivity index (χ0n) is 12.4. The molecule has 3 rings (SSSR count). The highest BCUT2D eigenvalue weighted by atomic mass is 32.2. The summed E-state index contributed by atoms with van der Waals surface area (Å²) in [7, 11) is -3.42. The molecule has 0 saturated carbocycles. The van der Waals surface area contributed by atoms with Crippen molar-refractivity contribution in [3.8, 4) is 0 Å². The molecule has 1 aliphatic heterocycles. The highest BCUT2D eigenvalue weighted by molar-refractivity contribution is 7.92. The highest BCUT2D eigenvalue weighted by Crippen LogP contribution is 2.28. The van der Waals surface area contributed by atoms with Crippen LogP contribution < -0.4 is 0 Å². The van der Waals surface area contributed by atoms with E-state index in [1.165, 1.54) is 0 Å². The first-order valence-corrected chi connectivity index (χ1v) is 8.76. The van der Waals surface area contributed by atoms with Crippen molar-refractivity contribution in [2.45, 2.75) is 17.1 Å². The van der Waals surface area contributed by atoms with Crippen molar-refractivity contribution in [1.29, 1.82) is 0 Å². The van der Waals surface area contributed by atoms with Crippen LogP contribution in [0.5, 0.6) is 0 Å². The Labute approximate surface area is 131 Å². The summed E-state index contributed by atoms with van der Waals surface area (Å²) < 4.78 is 31.1. The number of ether oxygens (including phenoxy) is 1. The number of rotatable bonds is 3. The van der Waals surface area contributed by atoms with E-state index in [0.717, 1.165) is 16.7 Å². The molecule has 1 atom stereocenters. The highest BCUT2D eigenvalue weighted by Gasteiger charge is 2.35. The molecule has 1 aliphatic rings. The Morgan fingerprint density at radius 3 is 2.41 bits per heavy atom. The van der Waals surface area contributed by atoms with Gasteiger partial charge in [0.05, 0.1) is 18.1 Å². The summed E-state index contributed by atoms with van der Waals surface area (Å²) in [6.07, 6.45) is 1.92. The summed E-state index contributed by atoms with van der Waals surface area (Å²) in [4.78, 5) is 0.354. The van der Waals surface area contributed by atoms with Crippen LogP contribution in [0.4, 0.5) is 0 Å². The SMILES string of the molecule is Cc1ccc(S(=O)(=O)C2COC/C2=C/c2ccccc2)cc1. The van der Waals surface area contributed by atoms with Crippen LogP contribution in [0.15, 0.2) is 65.1 Å². The van der Waals surface area contributed by atoms with Crippen LogP contribution in [0.3, 0.4) is 0 Å². The lowest BCUT2D eigenvalue weighted by Crippen LogP contribution is -2.23. The van der Waals surface area contributed by atoms with Crippen molar-refractivity contribution in [2.24, 2.45) is 0 Å². The number of benzene rings is 2. The van der Waals surface area contributed by atoms with Crippen molar-refractivity contribution in [3.05, 3.63) is 71.3 Å². The summed E-state index contributed by atoms with van der Waals surface area (Å²) in [5.74, 6) is 0. The van der Waals surface area contributed by atoms with Crippen molar-refractivity contribution in [2.75, 3.05) is 13.2 Å². The van der Waals surface area contributed by atoms with E-state index in [4.69, 9.17) is 4.74 Å². The standard InChI is InChI=1S/C18H18O3S/c1-14-7-9-17(10-8-14)22(19,20)18-13-21-12-16(18)11-15-5-3-2-4-6-15/h2-11,18H,12-13H2,1H3/b16-11-. The predicted octanol–water partition coefficient (Wildman–Crippen LogP) is 3.25. The van der Waals surface area contributed by atoms with E-state index in [1.54, 1.807) is 12.1 Å². The average Bonchev–Trinajstić information content (AvgIpc) is 2.98. The quantitative estimate of drug-likeness (QED) is 0.873. The maximum Gasteiger partial charge on any atom is 0.187 e. The fraction of sp³-hybridized carbons (Fsp3) is 0.222. The molecular formula is C18H18O3S. The van der Waals surface area contributed by atoms with Gasteiger partial charge in [-0.3, -0.25) is 0 Å². The molecule has 3 nitrogen and oxygen atoms in total. The van der Waals surface area contributed by atoms with Crippen molar-refractivity contribution in [1.82, 2.24) is 0 Å². The minimum atomic E-state index is -3.42. The molecule has 1 saturated heterocycles. The molecule has 0 bridgehead atoms. The molecule has 114 valence electrons. The first kappa shape index (κ1) is 15.0. The molecule has 4 heteroatoms. The van der Waals surface area contributed by atoms with Gasteiger partial charge in [-0.2, -0.15) is 0 Å². The zero-order chi connectivity index (χ0) is 15.6. The summed E-state index contributed by atoms with van der Waals surface area (Å²) in [5, 5.41) is -0.601. The minimum Gasteiger partial charge on any atom is -0.375 e. The Balaban J connectivity index is 1.96. The molecule has 2 aromatic rings. The Morgan fingerprint density at radius 2 is 1.73 bits per heavy atom. The van der Waals surface area contributed by atoms with Gasteiger partial charge in [-0.25, -0.2) is 8.42 Å². The van der Waals surface area contributed by atoms with Crippen LogP contribution >= 0.6 is 0 Å². The second-order valence-electron chi connectivity index (χ2n) is 5.49. The molecule has 0 amide bonds. The minimum absolute atomic E-state index is 0.217. The monoisotopic (exact) mass is 314 g/mol. The molecule has 0 radical (unpaired) electrons. The van der Waals surface area contributed by atoms with Crippen LogP contribution in [-0.4, -0.2) is 26.9 Å². The van der Waals surface area contributed by atoms with Crippen molar-refractivity contribution in [3.63, 3.8) is 0 Å². The topological polar surface area (TPSA) is 43.4 Å². The van der Waals surface area contributed by atoms with Crippen LogP contribution in [0.25, 0.3) is 6.08 Å². The van der Waals surface area contributed by atoms with Gasteiger partial charge < -0.3 is 4.74 Å². The lowest BCUT2D eigenvalue weighted by Gasteiger charge is -2.12. The van der Waals surface area contributed by atoms with Gasteiger partial charge >= 0.3 is 0 Å². The Morgan fingerprint density at radius 1 is 1.05 bits per heavy atom. The molecule has 1 unspecified atom stereocenters. The van der Waals surface area contributed by atoms with Gasteiger partial charge in [0.1, 0.15) is 5.25 Å². The fourth-order valence-corrected chi connectivity index (χ4v) is 4.22. The van der Waals surface area contributed by atoms with E-state index < -0.39 is 15.1 Å². The Kier molecular flexibility index (Phi) is 4.14. The van der Waals surface area contributed by atoms with Gasteiger partial charge in [-0.1, -0.05) is 54.1 Å². The zero-order valence-corrected chi connectivity index (χ0v) is 13.2. The van der Waals surface area contributed by atoms with E-state index in [9.17, 15) is 8.42 Å². The van der Waals surface area contributed by atoms with Crippen molar-refractivity contribution >= 4 is 15.9 Å². The molecular weight excluding hydrogens is 296 g/mol. The van der Waals surface area contributed by atoms with Gasteiger partial charge in [0.2, 0.25) is 0 Å². The number of aryl methyl sites for hydroxylation is 1. The largest absolute Gasteiger partial charge is 0.375 e. The van der Waals surface area contributed by atoms with Gasteiger partial charge in [0, 0.05) is 0 Å². The Bertz CT molecular complexity index is 775. The van der Waals surface area contributed by atoms with Gasteiger partial charge in [-0.05, 0) is 30.2 Å². The number of sulfone groups is 1. The lowest BCUT2D eigenvalue weighted by atomic mass is 10.1. The third-order valence-corrected chi connectivity index (χ3v) is 5.94. The fourth-order valence-electron chi connectivity index (χ4n) is 2.56. The smallest absolute Gasteiger partial charge is 0.187 e. The third kappa shape index (κ3) is 2.98. The second kappa shape index (κ2) is 6.07. The van der Waals surface area contributed by atoms with Crippen LogP contribution in [0.2, 0.25) is 0 Å². The molecule has 0 aromatic heterocycles. The van der Waals surface area contributed by atoms with Gasteiger partial charge in [0.15, 0.2) is 9.84 Å². The molecule has 0 spiro atoms. The number of hydrogen-bond acceptors (Lipinski definition) is 3. The second-order valence-corrected chi connectivity index (χ2v) is 7.62. The van der Waals surface area contributed by atoms with Crippen LogP contribution in [0.1, 0.15) is 11.1 Å². The summed E-state index contributed by atoms with van der Waals surface area (Å²) in [6, 6.07) is 16.7. The summed E-state index contributed by atoms with van der Waals surface area (Å²) in [5.41, 5.74) is 2.85. The van der Waals surface area contributed by atoms with Gasteiger partial charge in [0.25, 0.3) is 0 Å². The lowest BCUT2D eigenvalue weighted by molar-refractivity contribution is 0.205. The molecule has 0 aliphatic carbocycles. The van der Waals surface area contributed by atoms with Crippen molar-refractivity contribution < 1.29 is 13.2 Å². The summed E-state index contributed by atoms with van der Waals surface area (Å²) >= 11 is 0. The van der Waals surface area contributed by atoms with E-state index >= 15 is 0 Å². The van der Waals surface area contributed by atoms with E-state index in [1.807, 2.05) is 55.5 Å². The van der Waals surface area contributed by atoms with E-state index in [0.29, 0.717) is 11.5 Å². The molecule has 22 heavy (non-hydrogen) atoms. The number of hydrogen-bond donors (Lipinski definition) is 0. The maximum atomic E-state index is 12.8. The van der Waals surface area contributed by atoms with Crippen LogP contribution in [-0.2, 0) is 14.6 Å². The van der Waals surface area contributed by atoms with E-state index in [2.05, 4.69) is 0 Å². The maximum absolute atomic E-state index is 12.8. The predicted molar refractivity (Wildman–Crippen MR) is 87.4 cm³/mol. The van der Waals surface area contributed by atoms with E-state index in [-0.39, 0.29) is 6.61 Å². The Hall–Kier alpha value is -1.91. The molecule has 1 heterocycles. The average molecular weight is 314 g/mol.